The summed E-state index contributed by atoms with van der Waals surface area (Å²) in [4.78, 5) is 22.8. The van der Waals surface area contributed by atoms with Crippen molar-refractivity contribution in [3.8, 4) is 0 Å². The minimum absolute atomic E-state index is 0.0638. The zero-order chi connectivity index (χ0) is 11.6. The van der Waals surface area contributed by atoms with Gasteiger partial charge in [-0.25, -0.2) is 0 Å². The molecule has 5 heteroatoms. The van der Waals surface area contributed by atoms with Gasteiger partial charge in [0, 0.05) is 19.0 Å². The molecular weight excluding hydrogens is 206 g/mol. The van der Waals surface area contributed by atoms with E-state index in [0.29, 0.717) is 13.0 Å². The number of rotatable bonds is 3. The zero-order valence-electron chi connectivity index (χ0n) is 9.42. The van der Waals surface area contributed by atoms with Gasteiger partial charge >= 0.3 is 0 Å². The van der Waals surface area contributed by atoms with Crippen LogP contribution in [0.25, 0.3) is 0 Å². The monoisotopic (exact) mass is 225 g/mol. The van der Waals surface area contributed by atoms with Crippen LogP contribution in [-0.4, -0.2) is 29.9 Å². The van der Waals surface area contributed by atoms with Crippen molar-refractivity contribution in [3.05, 3.63) is 0 Å². The van der Waals surface area contributed by atoms with Crippen molar-refractivity contribution in [2.24, 2.45) is 5.73 Å². The summed E-state index contributed by atoms with van der Waals surface area (Å²) in [6.45, 7) is 0.503. The Bertz CT molecular complexity index is 298. The van der Waals surface area contributed by atoms with Crippen LogP contribution in [0.15, 0.2) is 0 Å². The molecule has 2 fully saturated rings. The molecule has 0 aromatic heterocycles. The van der Waals surface area contributed by atoms with Crippen LogP contribution >= 0.6 is 0 Å². The molecule has 0 aromatic rings. The third kappa shape index (κ3) is 2.35. The molecule has 5 nitrogen and oxygen atoms in total. The summed E-state index contributed by atoms with van der Waals surface area (Å²) in [7, 11) is 0. The van der Waals surface area contributed by atoms with Gasteiger partial charge in [-0.3, -0.25) is 9.59 Å². The molecule has 4 N–H and O–H groups in total. The topological polar surface area (TPSA) is 84.2 Å². The van der Waals surface area contributed by atoms with Crippen molar-refractivity contribution in [3.63, 3.8) is 0 Å². The van der Waals surface area contributed by atoms with E-state index in [9.17, 15) is 9.59 Å². The van der Waals surface area contributed by atoms with Crippen molar-refractivity contribution in [1.29, 1.82) is 0 Å². The van der Waals surface area contributed by atoms with E-state index >= 15 is 0 Å². The highest BCUT2D eigenvalue weighted by Crippen LogP contribution is 2.27. The molecule has 1 saturated carbocycles. The Balaban J connectivity index is 1.77. The first-order chi connectivity index (χ1) is 7.60. The van der Waals surface area contributed by atoms with Gasteiger partial charge in [0.1, 0.15) is 0 Å². The predicted octanol–water partition coefficient (Wildman–Crippen LogP) is -0.347. The highest BCUT2D eigenvalue weighted by molar-refractivity contribution is 5.86. The summed E-state index contributed by atoms with van der Waals surface area (Å²) in [6, 6.07) is 0.0847. The summed E-state index contributed by atoms with van der Waals surface area (Å²) in [6.07, 6.45) is 4.98. The first-order valence-corrected chi connectivity index (χ1v) is 5.97. The Morgan fingerprint density at radius 1 is 1.50 bits per heavy atom. The summed E-state index contributed by atoms with van der Waals surface area (Å²) in [5.74, 6) is 0.00808. The minimum atomic E-state index is -0.664. The van der Waals surface area contributed by atoms with Crippen molar-refractivity contribution in [1.82, 2.24) is 10.6 Å². The molecule has 1 heterocycles. The van der Waals surface area contributed by atoms with E-state index in [0.717, 1.165) is 32.1 Å². The van der Waals surface area contributed by atoms with Gasteiger partial charge in [-0.2, -0.15) is 0 Å². The van der Waals surface area contributed by atoms with Crippen molar-refractivity contribution < 1.29 is 9.59 Å². The van der Waals surface area contributed by atoms with Crippen LogP contribution in [0.1, 0.15) is 38.5 Å². The Morgan fingerprint density at radius 3 is 2.75 bits per heavy atom. The molecular formula is C11H19N3O2. The lowest BCUT2D eigenvalue weighted by Crippen LogP contribution is -2.53. The van der Waals surface area contributed by atoms with E-state index in [-0.39, 0.29) is 17.9 Å². The molecule has 1 saturated heterocycles. The van der Waals surface area contributed by atoms with Crippen LogP contribution in [0.4, 0.5) is 0 Å². The average Bonchev–Trinajstić information content (AvgIpc) is 2.85. The van der Waals surface area contributed by atoms with Gasteiger partial charge in [-0.1, -0.05) is 12.8 Å². The number of hydrogen-bond acceptors (Lipinski definition) is 3. The fraction of sp³-hybridized carbons (Fsp3) is 0.818. The Hall–Kier alpha value is -1.10. The fourth-order valence-electron chi connectivity index (χ4n) is 2.46. The van der Waals surface area contributed by atoms with Crippen molar-refractivity contribution >= 4 is 11.8 Å². The van der Waals surface area contributed by atoms with Crippen LogP contribution in [0.3, 0.4) is 0 Å². The molecule has 0 spiro atoms. The van der Waals surface area contributed by atoms with Crippen LogP contribution in [0.5, 0.6) is 0 Å². The maximum absolute atomic E-state index is 11.9. The summed E-state index contributed by atoms with van der Waals surface area (Å²) >= 11 is 0. The SMILES string of the molecule is NC1(C(=O)NCC2CCC(=O)N2)CCCC1. The predicted molar refractivity (Wildman–Crippen MR) is 59.6 cm³/mol. The molecule has 0 bridgehead atoms. The number of nitrogens with one attached hydrogen (secondary N) is 2. The largest absolute Gasteiger partial charge is 0.352 e. The number of amides is 2. The Kier molecular flexibility index (Phi) is 3.14. The third-order valence-corrected chi connectivity index (χ3v) is 3.54. The quantitative estimate of drug-likeness (QED) is 0.614. The lowest BCUT2D eigenvalue weighted by Gasteiger charge is -2.23. The normalized spacial score (nSPS) is 27.8. The molecule has 1 unspecified atom stereocenters. The third-order valence-electron chi connectivity index (χ3n) is 3.54. The number of hydrogen-bond donors (Lipinski definition) is 3. The molecule has 16 heavy (non-hydrogen) atoms. The van der Waals surface area contributed by atoms with Gasteiger partial charge in [-0.05, 0) is 19.3 Å². The molecule has 2 rings (SSSR count). The summed E-state index contributed by atoms with van der Waals surface area (Å²) in [5.41, 5.74) is 5.35. The van der Waals surface area contributed by atoms with E-state index in [1.54, 1.807) is 0 Å². The standard InChI is InChI=1S/C11H19N3O2/c12-11(5-1-2-6-11)10(16)13-7-8-3-4-9(15)14-8/h8H,1-7,12H2,(H,13,16)(H,14,15). The number of carbonyl (C=O) groups is 2. The van der Waals surface area contributed by atoms with Crippen LogP contribution in [0, 0.1) is 0 Å². The molecule has 1 atom stereocenters. The molecule has 1 aliphatic heterocycles. The Morgan fingerprint density at radius 2 is 2.19 bits per heavy atom. The lowest BCUT2D eigenvalue weighted by molar-refractivity contribution is -0.126. The molecule has 90 valence electrons. The fourth-order valence-corrected chi connectivity index (χ4v) is 2.46. The van der Waals surface area contributed by atoms with E-state index in [1.807, 2.05) is 0 Å². The van der Waals surface area contributed by atoms with Crippen molar-refractivity contribution in [2.45, 2.75) is 50.1 Å². The van der Waals surface area contributed by atoms with E-state index in [2.05, 4.69) is 10.6 Å². The van der Waals surface area contributed by atoms with Crippen LogP contribution in [0.2, 0.25) is 0 Å². The van der Waals surface area contributed by atoms with Crippen LogP contribution in [-0.2, 0) is 9.59 Å². The van der Waals surface area contributed by atoms with Gasteiger partial charge < -0.3 is 16.4 Å². The maximum atomic E-state index is 11.9. The second-order valence-corrected chi connectivity index (χ2v) is 4.88. The second-order valence-electron chi connectivity index (χ2n) is 4.88. The average molecular weight is 225 g/mol. The minimum Gasteiger partial charge on any atom is -0.352 e. The van der Waals surface area contributed by atoms with Gasteiger partial charge in [0.25, 0.3) is 0 Å². The molecule has 2 amide bonds. The number of nitrogens with two attached hydrogens (primary N) is 1. The first kappa shape index (κ1) is 11.4. The van der Waals surface area contributed by atoms with Crippen LogP contribution < -0.4 is 16.4 Å². The van der Waals surface area contributed by atoms with E-state index < -0.39 is 5.54 Å². The maximum Gasteiger partial charge on any atom is 0.240 e. The van der Waals surface area contributed by atoms with Gasteiger partial charge in [-0.15, -0.1) is 0 Å². The van der Waals surface area contributed by atoms with Gasteiger partial charge in [0.05, 0.1) is 5.54 Å². The van der Waals surface area contributed by atoms with Crippen molar-refractivity contribution in [2.75, 3.05) is 6.54 Å². The zero-order valence-corrected chi connectivity index (χ0v) is 9.42. The molecule has 0 aromatic carbocycles. The Labute approximate surface area is 95.1 Å². The van der Waals surface area contributed by atoms with E-state index in [4.69, 9.17) is 5.73 Å². The van der Waals surface area contributed by atoms with Gasteiger partial charge in [0.15, 0.2) is 0 Å². The molecule has 0 radical (unpaired) electrons. The smallest absolute Gasteiger partial charge is 0.240 e. The number of carbonyl (C=O) groups excluding carboxylic acids is 2. The lowest BCUT2D eigenvalue weighted by atomic mass is 9.98. The van der Waals surface area contributed by atoms with E-state index in [1.165, 1.54) is 0 Å². The highest BCUT2D eigenvalue weighted by atomic mass is 16.2. The molecule has 1 aliphatic carbocycles. The first-order valence-electron chi connectivity index (χ1n) is 5.97. The highest BCUT2D eigenvalue weighted by Gasteiger charge is 2.37. The second kappa shape index (κ2) is 4.41. The van der Waals surface area contributed by atoms with Gasteiger partial charge in [0.2, 0.25) is 11.8 Å². The molecule has 2 aliphatic rings. The summed E-state index contributed by atoms with van der Waals surface area (Å²) < 4.78 is 0. The summed E-state index contributed by atoms with van der Waals surface area (Å²) in [5, 5.41) is 5.67.